The number of hydrogen-bond donors (Lipinski definition) is 0. The first-order chi connectivity index (χ1) is 7.09. The lowest BCUT2D eigenvalue weighted by Crippen LogP contribution is -2.40. The predicted octanol–water partition coefficient (Wildman–Crippen LogP) is 2.58. The molecule has 1 aliphatic heterocycles. The van der Waals surface area contributed by atoms with Gasteiger partial charge in [-0.05, 0) is 19.4 Å². The van der Waals surface area contributed by atoms with E-state index in [1.807, 2.05) is 0 Å². The molecule has 1 heterocycles. The lowest BCUT2D eigenvalue weighted by atomic mass is 9.78. The van der Waals surface area contributed by atoms with Crippen LogP contribution in [0.25, 0.3) is 0 Å². The standard InChI is InChI=1S/C13H21NO/c1-11-4-5-12(13(2,3)10-11)14-6-8-15-9-7-14/h4-5H,6-10H2,1-3H3. The highest BCUT2D eigenvalue weighted by Crippen LogP contribution is 2.38. The second kappa shape index (κ2) is 4.01. The van der Waals surface area contributed by atoms with Crippen molar-refractivity contribution in [3.63, 3.8) is 0 Å². The summed E-state index contributed by atoms with van der Waals surface area (Å²) < 4.78 is 5.40. The second-order valence-corrected chi connectivity index (χ2v) is 5.23. The first-order valence-corrected chi connectivity index (χ1v) is 5.80. The Labute approximate surface area is 92.6 Å². The quantitative estimate of drug-likeness (QED) is 0.655. The molecule has 1 aliphatic carbocycles. The van der Waals surface area contributed by atoms with Gasteiger partial charge in [-0.15, -0.1) is 0 Å². The van der Waals surface area contributed by atoms with Crippen molar-refractivity contribution in [2.45, 2.75) is 27.2 Å². The van der Waals surface area contributed by atoms with Crippen LogP contribution in [0.4, 0.5) is 0 Å². The summed E-state index contributed by atoms with van der Waals surface area (Å²) in [6.07, 6.45) is 5.73. The van der Waals surface area contributed by atoms with Crippen molar-refractivity contribution in [3.8, 4) is 0 Å². The molecular formula is C13H21NO. The van der Waals surface area contributed by atoms with Crippen molar-refractivity contribution in [2.24, 2.45) is 5.41 Å². The molecule has 0 amide bonds. The van der Waals surface area contributed by atoms with Crippen LogP contribution < -0.4 is 0 Å². The Bertz CT molecular complexity index is 296. The summed E-state index contributed by atoms with van der Waals surface area (Å²) in [5.74, 6) is 0. The molecule has 0 N–H and O–H groups in total. The summed E-state index contributed by atoms with van der Waals surface area (Å²) in [6.45, 7) is 10.7. The smallest absolute Gasteiger partial charge is 0.0642 e. The van der Waals surface area contributed by atoms with Crippen molar-refractivity contribution >= 4 is 0 Å². The Hall–Kier alpha value is -0.760. The van der Waals surface area contributed by atoms with E-state index in [1.165, 1.54) is 17.7 Å². The molecule has 2 nitrogen and oxygen atoms in total. The van der Waals surface area contributed by atoms with Crippen LogP contribution >= 0.6 is 0 Å². The highest BCUT2D eigenvalue weighted by molar-refractivity contribution is 5.28. The van der Waals surface area contributed by atoms with E-state index >= 15 is 0 Å². The number of hydrogen-bond acceptors (Lipinski definition) is 2. The number of morpholine rings is 1. The summed E-state index contributed by atoms with van der Waals surface area (Å²) in [6, 6.07) is 0. The molecule has 0 atom stereocenters. The van der Waals surface area contributed by atoms with Gasteiger partial charge in [0.15, 0.2) is 0 Å². The van der Waals surface area contributed by atoms with Crippen molar-refractivity contribution < 1.29 is 4.74 Å². The average molecular weight is 207 g/mol. The van der Waals surface area contributed by atoms with Crippen LogP contribution in [0.3, 0.4) is 0 Å². The third kappa shape index (κ3) is 2.25. The Morgan fingerprint density at radius 2 is 1.87 bits per heavy atom. The van der Waals surface area contributed by atoms with Gasteiger partial charge in [-0.2, -0.15) is 0 Å². The third-order valence-electron chi connectivity index (χ3n) is 3.29. The van der Waals surface area contributed by atoms with E-state index in [0.717, 1.165) is 26.3 Å². The summed E-state index contributed by atoms with van der Waals surface area (Å²) in [4.78, 5) is 2.48. The minimum atomic E-state index is 0.288. The molecule has 0 aromatic carbocycles. The average Bonchev–Trinajstić information content (AvgIpc) is 2.17. The van der Waals surface area contributed by atoms with E-state index in [-0.39, 0.29) is 5.41 Å². The maximum absolute atomic E-state index is 5.40. The number of allylic oxidation sites excluding steroid dienone is 4. The topological polar surface area (TPSA) is 12.5 Å². The highest BCUT2D eigenvalue weighted by atomic mass is 16.5. The van der Waals surface area contributed by atoms with E-state index in [2.05, 4.69) is 37.8 Å². The van der Waals surface area contributed by atoms with Gasteiger partial charge < -0.3 is 9.64 Å². The predicted molar refractivity (Wildman–Crippen MR) is 62.6 cm³/mol. The molecule has 15 heavy (non-hydrogen) atoms. The fourth-order valence-corrected chi connectivity index (χ4v) is 2.63. The molecule has 0 bridgehead atoms. The zero-order valence-corrected chi connectivity index (χ0v) is 10.0. The van der Waals surface area contributed by atoms with E-state index < -0.39 is 0 Å². The second-order valence-electron chi connectivity index (χ2n) is 5.23. The first-order valence-electron chi connectivity index (χ1n) is 5.80. The molecule has 2 rings (SSSR count). The Balaban J connectivity index is 2.18. The van der Waals surface area contributed by atoms with Crippen LogP contribution in [-0.4, -0.2) is 31.2 Å². The molecule has 2 aliphatic rings. The van der Waals surface area contributed by atoms with Gasteiger partial charge in [0.2, 0.25) is 0 Å². The Kier molecular flexibility index (Phi) is 2.87. The Morgan fingerprint density at radius 3 is 2.47 bits per heavy atom. The fraction of sp³-hybridized carbons (Fsp3) is 0.692. The van der Waals surface area contributed by atoms with Crippen LogP contribution in [0.1, 0.15) is 27.2 Å². The van der Waals surface area contributed by atoms with Gasteiger partial charge in [0.05, 0.1) is 13.2 Å². The molecule has 1 fully saturated rings. The van der Waals surface area contributed by atoms with Gasteiger partial charge in [0.1, 0.15) is 0 Å². The molecule has 0 aromatic rings. The molecule has 0 radical (unpaired) electrons. The van der Waals surface area contributed by atoms with Crippen molar-refractivity contribution in [1.29, 1.82) is 0 Å². The van der Waals surface area contributed by atoms with E-state index in [9.17, 15) is 0 Å². The van der Waals surface area contributed by atoms with Gasteiger partial charge >= 0.3 is 0 Å². The van der Waals surface area contributed by atoms with Crippen molar-refractivity contribution in [1.82, 2.24) is 4.90 Å². The zero-order valence-electron chi connectivity index (χ0n) is 10.0. The van der Waals surface area contributed by atoms with Gasteiger partial charge in [0.25, 0.3) is 0 Å². The van der Waals surface area contributed by atoms with Gasteiger partial charge in [-0.1, -0.05) is 25.5 Å². The summed E-state index contributed by atoms with van der Waals surface area (Å²) in [5.41, 5.74) is 3.25. The van der Waals surface area contributed by atoms with Crippen molar-refractivity contribution in [2.75, 3.05) is 26.3 Å². The van der Waals surface area contributed by atoms with Crippen molar-refractivity contribution in [3.05, 3.63) is 23.4 Å². The van der Waals surface area contributed by atoms with Crippen LogP contribution in [0.5, 0.6) is 0 Å². The normalized spacial score (nSPS) is 25.9. The molecule has 84 valence electrons. The zero-order chi connectivity index (χ0) is 10.9. The maximum Gasteiger partial charge on any atom is 0.0642 e. The number of rotatable bonds is 1. The minimum absolute atomic E-state index is 0.288. The SMILES string of the molecule is CC1=CC=C(N2CCOCC2)C(C)(C)C1. The molecule has 0 unspecified atom stereocenters. The lowest BCUT2D eigenvalue weighted by molar-refractivity contribution is 0.0431. The number of ether oxygens (including phenoxy) is 1. The highest BCUT2D eigenvalue weighted by Gasteiger charge is 2.30. The van der Waals surface area contributed by atoms with E-state index in [0.29, 0.717) is 0 Å². The summed E-state index contributed by atoms with van der Waals surface area (Å²) >= 11 is 0. The molecule has 0 spiro atoms. The van der Waals surface area contributed by atoms with Crippen LogP contribution in [0.2, 0.25) is 0 Å². The van der Waals surface area contributed by atoms with E-state index in [1.54, 1.807) is 0 Å². The lowest BCUT2D eigenvalue weighted by Gasteiger charge is -2.41. The van der Waals surface area contributed by atoms with Crippen LogP contribution in [0, 0.1) is 5.41 Å². The monoisotopic (exact) mass is 207 g/mol. The minimum Gasteiger partial charge on any atom is -0.378 e. The molecule has 0 aromatic heterocycles. The Morgan fingerprint density at radius 1 is 1.20 bits per heavy atom. The van der Waals surface area contributed by atoms with Crippen LogP contribution in [-0.2, 0) is 4.74 Å². The molecule has 0 saturated carbocycles. The van der Waals surface area contributed by atoms with E-state index in [4.69, 9.17) is 4.74 Å². The maximum atomic E-state index is 5.40. The van der Waals surface area contributed by atoms with Gasteiger partial charge in [-0.25, -0.2) is 0 Å². The fourth-order valence-electron chi connectivity index (χ4n) is 2.63. The third-order valence-corrected chi connectivity index (χ3v) is 3.29. The molecular weight excluding hydrogens is 186 g/mol. The largest absolute Gasteiger partial charge is 0.378 e. The molecule has 1 saturated heterocycles. The van der Waals surface area contributed by atoms with Gasteiger partial charge in [0, 0.05) is 24.2 Å². The van der Waals surface area contributed by atoms with Gasteiger partial charge in [-0.3, -0.25) is 0 Å². The first kappa shape index (κ1) is 10.7. The number of nitrogens with zero attached hydrogens (tertiary/aromatic N) is 1. The van der Waals surface area contributed by atoms with Crippen LogP contribution in [0.15, 0.2) is 23.4 Å². The molecule has 2 heteroatoms. The summed E-state index contributed by atoms with van der Waals surface area (Å²) in [7, 11) is 0. The summed E-state index contributed by atoms with van der Waals surface area (Å²) in [5, 5.41) is 0.